The quantitative estimate of drug-likeness (QED) is 0.359. The summed E-state index contributed by atoms with van der Waals surface area (Å²) in [5.74, 6) is 0.379. The number of anilines is 2. The summed E-state index contributed by atoms with van der Waals surface area (Å²) in [6.07, 6.45) is 4.47. The number of hydrogen-bond acceptors (Lipinski definition) is 6. The maximum atomic E-state index is 13.6. The summed E-state index contributed by atoms with van der Waals surface area (Å²) in [6, 6.07) is 12.2. The molecule has 0 spiro atoms. The maximum absolute atomic E-state index is 13.6. The number of halogens is 1. The minimum atomic E-state index is -0.278. The molecule has 4 aromatic rings. The number of aromatic nitrogens is 3. The van der Waals surface area contributed by atoms with Gasteiger partial charge >= 0.3 is 0 Å². The van der Waals surface area contributed by atoms with E-state index in [-0.39, 0.29) is 11.7 Å². The number of amides is 1. The third kappa shape index (κ3) is 6.00. The number of benzene rings is 2. The predicted octanol–water partition coefficient (Wildman–Crippen LogP) is 4.53. The Kier molecular flexibility index (Phi) is 7.67. The largest absolute Gasteiger partial charge is 0.353 e. The molecule has 3 heterocycles. The van der Waals surface area contributed by atoms with Gasteiger partial charge in [-0.3, -0.25) is 14.7 Å². The lowest BCUT2D eigenvalue weighted by Gasteiger charge is -2.35. The first-order chi connectivity index (χ1) is 18.4. The summed E-state index contributed by atoms with van der Waals surface area (Å²) in [5, 5.41) is 4.10. The zero-order valence-electron chi connectivity index (χ0n) is 22.2. The van der Waals surface area contributed by atoms with Crippen LogP contribution in [-0.4, -0.2) is 88.9 Å². The van der Waals surface area contributed by atoms with Crippen LogP contribution in [0.25, 0.3) is 22.3 Å². The second-order valence-electron chi connectivity index (χ2n) is 10.1. The first kappa shape index (κ1) is 25.8. The van der Waals surface area contributed by atoms with E-state index in [9.17, 15) is 9.18 Å². The number of H-pyrrole nitrogens is 1. The highest BCUT2D eigenvalue weighted by Crippen LogP contribution is 2.26. The molecule has 1 aliphatic heterocycles. The molecule has 1 saturated heterocycles. The van der Waals surface area contributed by atoms with Crippen molar-refractivity contribution in [1.29, 1.82) is 0 Å². The normalized spacial score (nSPS) is 14.4. The van der Waals surface area contributed by atoms with Gasteiger partial charge in [0.05, 0.1) is 18.1 Å². The highest BCUT2D eigenvalue weighted by atomic mass is 19.1. The van der Waals surface area contributed by atoms with Crippen LogP contribution in [0, 0.1) is 12.7 Å². The van der Waals surface area contributed by atoms with Crippen LogP contribution < -0.4 is 5.32 Å². The zero-order valence-corrected chi connectivity index (χ0v) is 22.2. The van der Waals surface area contributed by atoms with Gasteiger partial charge in [0.25, 0.3) is 5.91 Å². The molecule has 1 amide bonds. The van der Waals surface area contributed by atoms with E-state index in [1.165, 1.54) is 12.1 Å². The highest BCUT2D eigenvalue weighted by Gasteiger charge is 2.22. The van der Waals surface area contributed by atoms with Gasteiger partial charge in [-0.05, 0) is 88.6 Å². The van der Waals surface area contributed by atoms with Gasteiger partial charge < -0.3 is 20.1 Å². The van der Waals surface area contributed by atoms with Crippen molar-refractivity contribution in [2.75, 3.05) is 58.7 Å². The van der Waals surface area contributed by atoms with Gasteiger partial charge in [-0.15, -0.1) is 0 Å². The van der Waals surface area contributed by atoms with Gasteiger partial charge in [0.1, 0.15) is 17.3 Å². The Morgan fingerprint density at radius 2 is 1.89 bits per heavy atom. The molecule has 0 radical (unpaired) electrons. The van der Waals surface area contributed by atoms with Crippen LogP contribution in [0.15, 0.2) is 54.9 Å². The fraction of sp³-hybridized carbons (Fsp3) is 0.345. The molecule has 1 aliphatic rings. The summed E-state index contributed by atoms with van der Waals surface area (Å²) >= 11 is 0. The predicted molar refractivity (Wildman–Crippen MR) is 149 cm³/mol. The average Bonchev–Trinajstić information content (AvgIpc) is 3.33. The summed E-state index contributed by atoms with van der Waals surface area (Å²) in [5.41, 5.74) is 4.75. The molecular formula is C29H34FN7O. The van der Waals surface area contributed by atoms with Crippen molar-refractivity contribution in [2.24, 2.45) is 0 Å². The van der Waals surface area contributed by atoms with Crippen molar-refractivity contribution in [1.82, 2.24) is 29.7 Å². The molecule has 1 fully saturated rings. The molecule has 38 heavy (non-hydrogen) atoms. The van der Waals surface area contributed by atoms with E-state index in [2.05, 4.69) is 44.2 Å². The second kappa shape index (κ2) is 11.3. The van der Waals surface area contributed by atoms with Crippen LogP contribution in [0.5, 0.6) is 0 Å². The van der Waals surface area contributed by atoms with Crippen LogP contribution in [0.4, 0.5) is 15.9 Å². The van der Waals surface area contributed by atoms with Gasteiger partial charge in [0.2, 0.25) is 0 Å². The standard InChI is InChI=1S/C29H34FN7O/c1-20-15-21(29(38)37-13-11-36(12-14-37)10-4-9-35(2)3)5-7-24(20)33-28-19-31-18-27(34-28)26-17-22-16-23(30)6-8-25(22)32-26/h5-8,15-19,32H,4,9-14H2,1-3H3,(H,33,34). The minimum absolute atomic E-state index is 0.0737. The van der Waals surface area contributed by atoms with E-state index >= 15 is 0 Å². The number of aromatic amines is 1. The fourth-order valence-electron chi connectivity index (χ4n) is 4.84. The minimum Gasteiger partial charge on any atom is -0.353 e. The number of nitrogens with zero attached hydrogens (tertiary/aromatic N) is 5. The summed E-state index contributed by atoms with van der Waals surface area (Å²) in [4.78, 5) is 32.0. The van der Waals surface area contributed by atoms with Gasteiger partial charge in [-0.1, -0.05) is 0 Å². The second-order valence-corrected chi connectivity index (χ2v) is 10.1. The number of carbonyl (C=O) groups excluding carboxylic acids is 1. The number of fused-ring (bicyclic) bond motifs is 1. The van der Waals surface area contributed by atoms with Crippen LogP contribution in [0.3, 0.4) is 0 Å². The first-order valence-electron chi connectivity index (χ1n) is 13.0. The van der Waals surface area contributed by atoms with Crippen molar-refractivity contribution in [2.45, 2.75) is 13.3 Å². The van der Waals surface area contributed by atoms with E-state index in [0.717, 1.165) is 73.5 Å². The Hall–Kier alpha value is -3.82. The molecule has 2 aromatic heterocycles. The first-order valence-corrected chi connectivity index (χ1v) is 13.0. The number of nitrogens with one attached hydrogen (secondary N) is 2. The molecule has 198 valence electrons. The van der Waals surface area contributed by atoms with Crippen molar-refractivity contribution < 1.29 is 9.18 Å². The molecular weight excluding hydrogens is 481 g/mol. The van der Waals surface area contributed by atoms with Crippen LogP contribution >= 0.6 is 0 Å². The molecule has 2 N–H and O–H groups in total. The molecule has 0 atom stereocenters. The van der Waals surface area contributed by atoms with E-state index in [0.29, 0.717) is 17.1 Å². The third-order valence-corrected chi connectivity index (χ3v) is 6.97. The highest BCUT2D eigenvalue weighted by molar-refractivity contribution is 5.95. The lowest BCUT2D eigenvalue weighted by molar-refractivity contribution is 0.0633. The zero-order chi connectivity index (χ0) is 26.6. The Labute approximate surface area is 222 Å². The maximum Gasteiger partial charge on any atom is 0.253 e. The molecule has 8 nitrogen and oxygen atoms in total. The molecule has 0 unspecified atom stereocenters. The summed E-state index contributed by atoms with van der Waals surface area (Å²) in [7, 11) is 4.19. The average molecular weight is 516 g/mol. The number of aryl methyl sites for hydroxylation is 1. The van der Waals surface area contributed by atoms with Crippen LogP contribution in [0.2, 0.25) is 0 Å². The Morgan fingerprint density at radius 3 is 2.66 bits per heavy atom. The van der Waals surface area contributed by atoms with Crippen molar-refractivity contribution in [3.05, 3.63) is 71.8 Å². The monoisotopic (exact) mass is 515 g/mol. The SMILES string of the molecule is Cc1cc(C(=O)N2CCN(CCCN(C)C)CC2)ccc1Nc1cncc(-c2cc3cc(F)ccc3[nH]2)n1. The topological polar surface area (TPSA) is 80.4 Å². The third-order valence-electron chi connectivity index (χ3n) is 6.97. The van der Waals surface area contributed by atoms with Crippen LogP contribution in [-0.2, 0) is 0 Å². The lowest BCUT2D eigenvalue weighted by Crippen LogP contribution is -2.49. The number of carbonyl (C=O) groups is 1. The number of rotatable bonds is 8. The lowest BCUT2D eigenvalue weighted by atomic mass is 10.1. The molecule has 0 bridgehead atoms. The molecule has 9 heteroatoms. The Bertz CT molecular complexity index is 1430. The molecule has 0 saturated carbocycles. The number of hydrogen-bond donors (Lipinski definition) is 2. The smallest absolute Gasteiger partial charge is 0.253 e. The van der Waals surface area contributed by atoms with E-state index in [4.69, 9.17) is 0 Å². The van der Waals surface area contributed by atoms with Crippen molar-refractivity contribution >= 4 is 28.3 Å². The van der Waals surface area contributed by atoms with Crippen molar-refractivity contribution in [3.63, 3.8) is 0 Å². The van der Waals surface area contributed by atoms with Gasteiger partial charge in [-0.25, -0.2) is 9.37 Å². The summed E-state index contributed by atoms with van der Waals surface area (Å²) in [6.45, 7) is 7.47. The number of piperazine rings is 1. The van der Waals surface area contributed by atoms with E-state index in [1.807, 2.05) is 36.1 Å². The van der Waals surface area contributed by atoms with Crippen molar-refractivity contribution in [3.8, 4) is 11.4 Å². The molecule has 2 aromatic carbocycles. The van der Waals surface area contributed by atoms with E-state index in [1.54, 1.807) is 18.5 Å². The Morgan fingerprint density at radius 1 is 1.08 bits per heavy atom. The van der Waals surface area contributed by atoms with Gasteiger partial charge in [0, 0.05) is 48.3 Å². The fourth-order valence-corrected chi connectivity index (χ4v) is 4.84. The molecule has 0 aliphatic carbocycles. The van der Waals surface area contributed by atoms with Gasteiger partial charge in [0.15, 0.2) is 0 Å². The van der Waals surface area contributed by atoms with Gasteiger partial charge in [-0.2, -0.15) is 0 Å². The molecule has 5 rings (SSSR count). The van der Waals surface area contributed by atoms with Crippen LogP contribution in [0.1, 0.15) is 22.3 Å². The summed E-state index contributed by atoms with van der Waals surface area (Å²) < 4.78 is 13.6. The van der Waals surface area contributed by atoms with E-state index < -0.39 is 0 Å². The Balaban J connectivity index is 1.22.